The maximum Gasteiger partial charge on any atom is 0.260 e. The van der Waals surface area contributed by atoms with Crippen LogP contribution in [0.25, 0.3) is 32.1 Å². The summed E-state index contributed by atoms with van der Waals surface area (Å²) in [6.07, 6.45) is 4.06. The summed E-state index contributed by atoms with van der Waals surface area (Å²) in [6.45, 7) is 0.504. The molecule has 0 fully saturated rings. The Morgan fingerprint density at radius 2 is 1.82 bits per heavy atom. The third-order valence-electron chi connectivity index (χ3n) is 4.73. The van der Waals surface area contributed by atoms with Crippen molar-refractivity contribution in [2.45, 2.75) is 6.54 Å². The highest BCUT2D eigenvalue weighted by atomic mass is 35.5. The summed E-state index contributed by atoms with van der Waals surface area (Å²) in [6, 6.07) is 17.7. The second kappa shape index (κ2) is 6.86. The van der Waals surface area contributed by atoms with Gasteiger partial charge in [0, 0.05) is 27.4 Å². The number of aromatic nitrogens is 3. The highest BCUT2D eigenvalue weighted by molar-refractivity contribution is 7.17. The molecule has 3 heterocycles. The van der Waals surface area contributed by atoms with E-state index in [1.807, 2.05) is 52.5 Å². The van der Waals surface area contributed by atoms with E-state index < -0.39 is 0 Å². The van der Waals surface area contributed by atoms with Gasteiger partial charge < -0.3 is 4.98 Å². The molecular weight excluding hydrogens is 390 g/mol. The first kappa shape index (κ1) is 17.1. The van der Waals surface area contributed by atoms with Crippen LogP contribution in [0.5, 0.6) is 0 Å². The number of benzene rings is 2. The van der Waals surface area contributed by atoms with Crippen molar-refractivity contribution in [3.05, 3.63) is 93.6 Å². The van der Waals surface area contributed by atoms with E-state index in [9.17, 15) is 4.79 Å². The molecule has 1 N–H and O–H groups in total. The molecule has 0 aliphatic carbocycles. The molecule has 4 nitrogen and oxygen atoms in total. The third kappa shape index (κ3) is 3.09. The number of nitrogens with one attached hydrogen (secondary N) is 1. The van der Waals surface area contributed by atoms with Crippen LogP contribution in [0, 0.1) is 0 Å². The Labute approximate surface area is 169 Å². The lowest BCUT2D eigenvalue weighted by Gasteiger charge is -2.02. The minimum absolute atomic E-state index is 0.118. The standard InChI is InChI=1S/C22H14ClN3OS/c23-17-7-5-15(6-8-17)18-13-28-22-20(18)21(27)24-19(25-22)12-26-10-9-14-3-1-2-4-16(14)11-26/h1-11,13H,12H2/p+1. The fraction of sp³-hybridized carbons (Fsp3) is 0.0455. The molecule has 3 aromatic heterocycles. The van der Waals surface area contributed by atoms with E-state index in [-0.39, 0.29) is 5.56 Å². The molecule has 2 aromatic carbocycles. The van der Waals surface area contributed by atoms with Crippen LogP contribution in [-0.2, 0) is 6.54 Å². The molecule has 0 radical (unpaired) electrons. The highest BCUT2D eigenvalue weighted by Gasteiger charge is 2.15. The van der Waals surface area contributed by atoms with E-state index in [4.69, 9.17) is 16.6 Å². The average molecular weight is 405 g/mol. The minimum atomic E-state index is -0.118. The van der Waals surface area contributed by atoms with E-state index in [0.717, 1.165) is 21.3 Å². The summed E-state index contributed by atoms with van der Waals surface area (Å²) in [4.78, 5) is 21.2. The topological polar surface area (TPSA) is 49.6 Å². The quantitative estimate of drug-likeness (QED) is 0.439. The zero-order chi connectivity index (χ0) is 19.1. The molecule has 5 aromatic rings. The van der Waals surface area contributed by atoms with Crippen LogP contribution in [0.1, 0.15) is 5.82 Å². The van der Waals surface area contributed by atoms with Gasteiger partial charge in [-0.3, -0.25) is 4.79 Å². The first-order valence-corrected chi connectivity index (χ1v) is 10.1. The molecule has 0 saturated carbocycles. The Morgan fingerprint density at radius 1 is 1.04 bits per heavy atom. The van der Waals surface area contributed by atoms with Gasteiger partial charge in [-0.05, 0) is 29.1 Å². The lowest BCUT2D eigenvalue weighted by molar-refractivity contribution is -0.688. The number of H-pyrrole nitrogens is 1. The van der Waals surface area contributed by atoms with Crippen LogP contribution in [0.4, 0.5) is 0 Å². The van der Waals surface area contributed by atoms with Crippen molar-refractivity contribution in [3.8, 4) is 11.1 Å². The molecule has 5 rings (SSSR count). The summed E-state index contributed by atoms with van der Waals surface area (Å²) in [7, 11) is 0. The van der Waals surface area contributed by atoms with Crippen LogP contribution in [0.3, 0.4) is 0 Å². The molecule has 0 aliphatic rings. The van der Waals surface area contributed by atoms with Gasteiger partial charge in [0.1, 0.15) is 4.83 Å². The zero-order valence-electron chi connectivity index (χ0n) is 14.7. The lowest BCUT2D eigenvalue weighted by atomic mass is 10.1. The van der Waals surface area contributed by atoms with Gasteiger partial charge in [-0.25, -0.2) is 4.98 Å². The van der Waals surface area contributed by atoms with E-state index in [0.29, 0.717) is 22.8 Å². The largest absolute Gasteiger partial charge is 0.305 e. The molecule has 0 aliphatic heterocycles. The molecule has 136 valence electrons. The lowest BCUT2D eigenvalue weighted by Crippen LogP contribution is -2.35. The molecule has 0 amide bonds. The molecule has 0 atom stereocenters. The monoisotopic (exact) mass is 404 g/mol. The highest BCUT2D eigenvalue weighted by Crippen LogP contribution is 2.31. The number of aromatic amines is 1. The zero-order valence-corrected chi connectivity index (χ0v) is 16.3. The Kier molecular flexibility index (Phi) is 4.19. The summed E-state index contributed by atoms with van der Waals surface area (Å²) in [5, 5.41) is 5.60. The van der Waals surface area contributed by atoms with Gasteiger partial charge in [-0.1, -0.05) is 41.9 Å². The summed E-state index contributed by atoms with van der Waals surface area (Å²) in [5.41, 5.74) is 1.72. The Balaban J connectivity index is 1.54. The normalized spacial score (nSPS) is 11.3. The minimum Gasteiger partial charge on any atom is -0.305 e. The fourth-order valence-corrected chi connectivity index (χ4v) is 4.45. The number of thiophene rings is 1. The van der Waals surface area contributed by atoms with Gasteiger partial charge in [-0.15, -0.1) is 11.3 Å². The van der Waals surface area contributed by atoms with Crippen LogP contribution in [-0.4, -0.2) is 9.97 Å². The predicted octanol–water partition coefficient (Wildman–Crippen LogP) is 4.79. The Hall–Kier alpha value is -3.02. The number of pyridine rings is 1. The van der Waals surface area contributed by atoms with Gasteiger partial charge in [0.15, 0.2) is 18.2 Å². The maximum absolute atomic E-state index is 12.8. The van der Waals surface area contributed by atoms with Crippen LogP contribution >= 0.6 is 22.9 Å². The number of hydrogen-bond donors (Lipinski definition) is 1. The molecule has 0 unspecified atom stereocenters. The van der Waals surface area contributed by atoms with E-state index in [2.05, 4.69) is 29.4 Å². The first-order chi connectivity index (χ1) is 13.7. The molecule has 0 bridgehead atoms. The van der Waals surface area contributed by atoms with Crippen molar-refractivity contribution in [1.29, 1.82) is 0 Å². The van der Waals surface area contributed by atoms with Crippen molar-refractivity contribution in [2.75, 3.05) is 0 Å². The Bertz CT molecular complexity index is 1370. The SMILES string of the molecule is O=c1[nH]c(C[n+]2ccc3ccccc3c2)nc2scc(-c3ccc(Cl)cc3)c12. The molecule has 0 spiro atoms. The van der Waals surface area contributed by atoms with Crippen molar-refractivity contribution in [1.82, 2.24) is 9.97 Å². The van der Waals surface area contributed by atoms with Gasteiger partial charge in [-0.2, -0.15) is 4.57 Å². The predicted molar refractivity (Wildman–Crippen MR) is 114 cm³/mol. The Morgan fingerprint density at radius 3 is 2.64 bits per heavy atom. The third-order valence-corrected chi connectivity index (χ3v) is 5.85. The average Bonchev–Trinajstić information content (AvgIpc) is 3.13. The number of halogens is 1. The number of fused-ring (bicyclic) bond motifs is 2. The molecule has 28 heavy (non-hydrogen) atoms. The van der Waals surface area contributed by atoms with E-state index in [1.165, 1.54) is 16.7 Å². The van der Waals surface area contributed by atoms with Crippen molar-refractivity contribution in [2.24, 2.45) is 0 Å². The van der Waals surface area contributed by atoms with E-state index >= 15 is 0 Å². The second-order valence-electron chi connectivity index (χ2n) is 6.60. The first-order valence-electron chi connectivity index (χ1n) is 8.81. The number of rotatable bonds is 3. The second-order valence-corrected chi connectivity index (χ2v) is 7.89. The van der Waals surface area contributed by atoms with Gasteiger partial charge in [0.05, 0.1) is 5.39 Å². The van der Waals surface area contributed by atoms with Crippen molar-refractivity contribution >= 4 is 43.9 Å². The summed E-state index contributed by atoms with van der Waals surface area (Å²) < 4.78 is 2.03. The smallest absolute Gasteiger partial charge is 0.260 e. The summed E-state index contributed by atoms with van der Waals surface area (Å²) in [5.74, 6) is 0.641. The van der Waals surface area contributed by atoms with Gasteiger partial charge in [0.25, 0.3) is 5.56 Å². The van der Waals surface area contributed by atoms with E-state index in [1.54, 1.807) is 0 Å². The summed E-state index contributed by atoms with van der Waals surface area (Å²) >= 11 is 7.46. The number of nitrogens with zero attached hydrogens (tertiary/aromatic N) is 2. The molecule has 6 heteroatoms. The fourth-order valence-electron chi connectivity index (χ4n) is 3.36. The van der Waals surface area contributed by atoms with Crippen LogP contribution < -0.4 is 10.1 Å². The van der Waals surface area contributed by atoms with Gasteiger partial charge >= 0.3 is 0 Å². The van der Waals surface area contributed by atoms with Gasteiger partial charge in [0.2, 0.25) is 6.54 Å². The molecule has 0 saturated heterocycles. The number of hydrogen-bond acceptors (Lipinski definition) is 3. The van der Waals surface area contributed by atoms with Crippen molar-refractivity contribution in [3.63, 3.8) is 0 Å². The van der Waals surface area contributed by atoms with Crippen LogP contribution in [0.15, 0.2) is 77.2 Å². The maximum atomic E-state index is 12.8. The van der Waals surface area contributed by atoms with Crippen LogP contribution in [0.2, 0.25) is 5.02 Å². The van der Waals surface area contributed by atoms with Crippen molar-refractivity contribution < 1.29 is 4.57 Å². The molecular formula is C22H15ClN3OS+.